The lowest BCUT2D eigenvalue weighted by molar-refractivity contribution is -0.123. The minimum Gasteiger partial charge on any atom is -0.369 e. The summed E-state index contributed by atoms with van der Waals surface area (Å²) in [6.45, 7) is 3.11. The molecule has 134 valence electrons. The Bertz CT molecular complexity index is 968. The van der Waals surface area contributed by atoms with Gasteiger partial charge in [-0.15, -0.1) is 11.3 Å². The van der Waals surface area contributed by atoms with Crippen molar-refractivity contribution in [1.82, 2.24) is 14.7 Å². The average Bonchev–Trinajstić information content (AvgIpc) is 3.23. The van der Waals surface area contributed by atoms with Crippen LogP contribution >= 0.6 is 11.3 Å². The number of para-hydroxylation sites is 1. The van der Waals surface area contributed by atoms with Crippen LogP contribution in [0.15, 0.2) is 36.4 Å². The standard InChI is InChI=1S/C19H20N4O2S/c1-12-15-11-16(18(25)22-9-7-13(8-10-22)17(20)24)26-19(15)23(21-12)14-5-3-2-4-6-14/h2-6,11,13H,7-10H2,1H3,(H2,20,24). The molecule has 4 rings (SSSR count). The van der Waals surface area contributed by atoms with E-state index in [4.69, 9.17) is 5.73 Å². The Morgan fingerprint density at radius 2 is 1.88 bits per heavy atom. The Labute approximate surface area is 155 Å². The number of primary amides is 1. The fraction of sp³-hybridized carbons (Fsp3) is 0.316. The summed E-state index contributed by atoms with van der Waals surface area (Å²) in [5, 5.41) is 5.62. The third-order valence-corrected chi connectivity index (χ3v) is 6.04. The monoisotopic (exact) mass is 368 g/mol. The van der Waals surface area contributed by atoms with Gasteiger partial charge in [-0.05, 0) is 38.0 Å². The van der Waals surface area contributed by atoms with E-state index in [0.717, 1.165) is 21.6 Å². The number of rotatable bonds is 3. The number of likely N-dealkylation sites (tertiary alicyclic amines) is 1. The minimum atomic E-state index is -0.266. The summed E-state index contributed by atoms with van der Waals surface area (Å²) < 4.78 is 1.89. The van der Waals surface area contributed by atoms with Crippen LogP contribution < -0.4 is 5.73 Å². The van der Waals surface area contributed by atoms with E-state index < -0.39 is 0 Å². The molecule has 3 heterocycles. The number of hydrogen-bond donors (Lipinski definition) is 1. The summed E-state index contributed by atoms with van der Waals surface area (Å²) >= 11 is 1.47. The number of aromatic nitrogens is 2. The molecule has 2 N–H and O–H groups in total. The van der Waals surface area contributed by atoms with Gasteiger partial charge < -0.3 is 10.6 Å². The molecule has 1 aliphatic rings. The molecule has 6 nitrogen and oxygen atoms in total. The number of hydrogen-bond acceptors (Lipinski definition) is 4. The molecular formula is C19H20N4O2S. The number of nitrogens with two attached hydrogens (primary N) is 1. The molecule has 0 atom stereocenters. The van der Waals surface area contributed by atoms with E-state index in [1.807, 2.05) is 52.9 Å². The van der Waals surface area contributed by atoms with Gasteiger partial charge in [-0.3, -0.25) is 9.59 Å². The second-order valence-electron chi connectivity index (χ2n) is 6.63. The van der Waals surface area contributed by atoms with Crippen LogP contribution in [0.4, 0.5) is 0 Å². The Kier molecular flexibility index (Phi) is 4.24. The van der Waals surface area contributed by atoms with Crippen LogP contribution in [0.5, 0.6) is 0 Å². The molecule has 7 heteroatoms. The van der Waals surface area contributed by atoms with Crippen molar-refractivity contribution in [2.24, 2.45) is 11.7 Å². The van der Waals surface area contributed by atoms with Crippen molar-refractivity contribution < 1.29 is 9.59 Å². The van der Waals surface area contributed by atoms with Gasteiger partial charge >= 0.3 is 0 Å². The van der Waals surface area contributed by atoms with Gasteiger partial charge in [-0.1, -0.05) is 18.2 Å². The SMILES string of the molecule is Cc1nn(-c2ccccc2)c2sc(C(=O)N3CCC(C(N)=O)CC3)cc12. The highest BCUT2D eigenvalue weighted by molar-refractivity contribution is 7.20. The Morgan fingerprint density at radius 3 is 2.54 bits per heavy atom. The molecule has 26 heavy (non-hydrogen) atoms. The quantitative estimate of drug-likeness (QED) is 0.772. The fourth-order valence-corrected chi connectivity index (χ4v) is 4.57. The Hall–Kier alpha value is -2.67. The maximum absolute atomic E-state index is 12.9. The predicted molar refractivity (Wildman–Crippen MR) is 102 cm³/mol. The number of fused-ring (bicyclic) bond motifs is 1. The topological polar surface area (TPSA) is 81.2 Å². The molecule has 1 aliphatic heterocycles. The summed E-state index contributed by atoms with van der Waals surface area (Å²) in [5.74, 6) is -0.360. The summed E-state index contributed by atoms with van der Waals surface area (Å²) in [6, 6.07) is 11.9. The third-order valence-electron chi connectivity index (χ3n) is 4.94. The molecule has 2 aromatic heterocycles. The number of carbonyl (C=O) groups is 2. The zero-order valence-electron chi connectivity index (χ0n) is 14.5. The molecule has 1 aromatic carbocycles. The number of benzene rings is 1. The molecule has 0 aliphatic carbocycles. The van der Waals surface area contributed by atoms with Gasteiger partial charge in [0, 0.05) is 24.4 Å². The maximum atomic E-state index is 12.9. The minimum absolute atomic E-state index is 0.0214. The van der Waals surface area contributed by atoms with Crippen molar-refractivity contribution >= 4 is 33.4 Å². The molecule has 0 unspecified atom stereocenters. The highest BCUT2D eigenvalue weighted by Gasteiger charge is 2.28. The summed E-state index contributed by atoms with van der Waals surface area (Å²) in [6.07, 6.45) is 1.28. The van der Waals surface area contributed by atoms with Crippen LogP contribution in [-0.2, 0) is 4.79 Å². The highest BCUT2D eigenvalue weighted by Crippen LogP contribution is 2.31. The molecule has 2 amide bonds. The number of aryl methyl sites for hydroxylation is 1. The molecule has 0 spiro atoms. The third kappa shape index (κ3) is 2.88. The summed E-state index contributed by atoms with van der Waals surface area (Å²) in [5.41, 5.74) is 7.26. The molecule has 0 radical (unpaired) electrons. The van der Waals surface area contributed by atoms with E-state index in [0.29, 0.717) is 30.8 Å². The maximum Gasteiger partial charge on any atom is 0.264 e. The number of thiophene rings is 1. The number of nitrogens with zero attached hydrogens (tertiary/aromatic N) is 3. The van der Waals surface area contributed by atoms with Crippen molar-refractivity contribution in [2.45, 2.75) is 19.8 Å². The number of amides is 2. The van der Waals surface area contributed by atoms with Crippen molar-refractivity contribution in [1.29, 1.82) is 0 Å². The van der Waals surface area contributed by atoms with E-state index in [-0.39, 0.29) is 17.7 Å². The second-order valence-corrected chi connectivity index (χ2v) is 7.66. The van der Waals surface area contributed by atoms with Crippen LogP contribution in [0.1, 0.15) is 28.2 Å². The lowest BCUT2D eigenvalue weighted by atomic mass is 9.96. The Balaban J connectivity index is 1.62. The van der Waals surface area contributed by atoms with Gasteiger partial charge in [-0.25, -0.2) is 4.68 Å². The average molecular weight is 368 g/mol. The fourth-order valence-electron chi connectivity index (χ4n) is 3.42. The highest BCUT2D eigenvalue weighted by atomic mass is 32.1. The van der Waals surface area contributed by atoms with E-state index in [9.17, 15) is 9.59 Å². The first kappa shape index (κ1) is 16.8. The first-order chi connectivity index (χ1) is 12.5. The number of carbonyl (C=O) groups excluding carboxylic acids is 2. The van der Waals surface area contributed by atoms with Gasteiger partial charge in [-0.2, -0.15) is 5.10 Å². The first-order valence-electron chi connectivity index (χ1n) is 8.68. The van der Waals surface area contributed by atoms with E-state index in [1.165, 1.54) is 11.3 Å². The van der Waals surface area contributed by atoms with Gasteiger partial charge in [0.1, 0.15) is 4.83 Å². The van der Waals surface area contributed by atoms with Crippen LogP contribution in [0.3, 0.4) is 0 Å². The van der Waals surface area contributed by atoms with Crippen molar-refractivity contribution in [3.8, 4) is 5.69 Å². The van der Waals surface area contributed by atoms with Gasteiger partial charge in [0.25, 0.3) is 5.91 Å². The first-order valence-corrected chi connectivity index (χ1v) is 9.49. The Morgan fingerprint density at radius 1 is 1.19 bits per heavy atom. The molecular weight excluding hydrogens is 348 g/mol. The smallest absolute Gasteiger partial charge is 0.264 e. The predicted octanol–water partition coefficient (Wildman–Crippen LogP) is 2.73. The van der Waals surface area contributed by atoms with Gasteiger partial charge in [0.15, 0.2) is 0 Å². The van der Waals surface area contributed by atoms with Crippen molar-refractivity contribution in [2.75, 3.05) is 13.1 Å². The molecule has 3 aromatic rings. The zero-order chi connectivity index (χ0) is 18.3. The van der Waals surface area contributed by atoms with Crippen LogP contribution in [0.25, 0.3) is 15.9 Å². The van der Waals surface area contributed by atoms with Crippen molar-refractivity contribution in [3.63, 3.8) is 0 Å². The van der Waals surface area contributed by atoms with Crippen LogP contribution in [0.2, 0.25) is 0 Å². The molecule has 0 bridgehead atoms. The van der Waals surface area contributed by atoms with Crippen LogP contribution in [-0.4, -0.2) is 39.6 Å². The van der Waals surface area contributed by atoms with Crippen LogP contribution in [0, 0.1) is 12.8 Å². The van der Waals surface area contributed by atoms with Crippen molar-refractivity contribution in [3.05, 3.63) is 47.0 Å². The van der Waals surface area contributed by atoms with E-state index in [2.05, 4.69) is 5.10 Å². The summed E-state index contributed by atoms with van der Waals surface area (Å²) in [4.78, 5) is 27.7. The second kappa shape index (κ2) is 6.57. The lowest BCUT2D eigenvalue weighted by Gasteiger charge is -2.30. The normalized spacial score (nSPS) is 15.5. The summed E-state index contributed by atoms with van der Waals surface area (Å²) in [7, 11) is 0. The zero-order valence-corrected chi connectivity index (χ0v) is 15.3. The van der Waals surface area contributed by atoms with E-state index in [1.54, 1.807) is 0 Å². The largest absolute Gasteiger partial charge is 0.369 e. The van der Waals surface area contributed by atoms with E-state index >= 15 is 0 Å². The van der Waals surface area contributed by atoms with Gasteiger partial charge in [0.2, 0.25) is 5.91 Å². The van der Waals surface area contributed by atoms with Gasteiger partial charge in [0.05, 0.1) is 16.3 Å². The molecule has 1 saturated heterocycles. The number of piperidine rings is 1. The lowest BCUT2D eigenvalue weighted by Crippen LogP contribution is -2.41. The molecule has 1 fully saturated rings. The molecule has 0 saturated carbocycles.